The molecule has 2 rings (SSSR count). The van der Waals surface area contributed by atoms with Gasteiger partial charge in [-0.1, -0.05) is 22.9 Å². The number of carboxylic acid groups (broad SMARTS) is 1. The van der Waals surface area contributed by atoms with E-state index in [1.54, 1.807) is 17.0 Å². The summed E-state index contributed by atoms with van der Waals surface area (Å²) in [5.74, 6) is -1.37. The maximum absolute atomic E-state index is 11.1. The predicted octanol–water partition coefficient (Wildman–Crippen LogP) is 2.51. The van der Waals surface area contributed by atoms with Crippen molar-refractivity contribution in [3.8, 4) is 0 Å². The lowest BCUT2D eigenvalue weighted by atomic mass is 9.99. The van der Waals surface area contributed by atoms with Gasteiger partial charge in [0, 0.05) is 23.6 Å². The fraction of sp³-hybridized carbons (Fsp3) is 0.417. The van der Waals surface area contributed by atoms with Gasteiger partial charge in [0.2, 0.25) is 0 Å². The summed E-state index contributed by atoms with van der Waals surface area (Å²) in [7, 11) is 0. The topological polar surface area (TPSA) is 83.7 Å². The van der Waals surface area contributed by atoms with Gasteiger partial charge in [0.1, 0.15) is 5.69 Å². The molecule has 1 N–H and O–H groups in total. The summed E-state index contributed by atoms with van der Waals surface area (Å²) in [6.45, 7) is 2.66. The van der Waals surface area contributed by atoms with Gasteiger partial charge in [0.15, 0.2) is 0 Å². The molecule has 6 nitrogen and oxygen atoms in total. The summed E-state index contributed by atoms with van der Waals surface area (Å²) < 4.78 is 0.736. The molecule has 7 heteroatoms. The monoisotopic (exact) mass is 328 g/mol. The summed E-state index contributed by atoms with van der Waals surface area (Å²) in [5.41, 5.74) is 0.469. The standard InChI is InChI=1S/C12H13BrN2O4/c1-7-5-14(6-9(7)12(16)17)11-4-8(13)2-3-10(11)15(18)19/h2-4,7,9H,5-6H2,1H3,(H,16,17)/t7-,9-/m1/s1. The van der Waals surface area contributed by atoms with Gasteiger partial charge in [-0.05, 0) is 18.1 Å². The number of carboxylic acids is 1. The van der Waals surface area contributed by atoms with E-state index < -0.39 is 16.8 Å². The number of nitrogens with zero attached hydrogens (tertiary/aromatic N) is 2. The van der Waals surface area contributed by atoms with E-state index in [2.05, 4.69) is 15.9 Å². The van der Waals surface area contributed by atoms with Crippen molar-refractivity contribution < 1.29 is 14.8 Å². The zero-order chi connectivity index (χ0) is 14.2. The number of benzene rings is 1. The van der Waals surface area contributed by atoms with Gasteiger partial charge in [-0.25, -0.2) is 0 Å². The van der Waals surface area contributed by atoms with Crippen LogP contribution in [0.4, 0.5) is 11.4 Å². The highest BCUT2D eigenvalue weighted by Crippen LogP contribution is 2.36. The zero-order valence-electron chi connectivity index (χ0n) is 10.2. The lowest BCUT2D eigenvalue weighted by Crippen LogP contribution is -2.23. The van der Waals surface area contributed by atoms with Gasteiger partial charge in [-0.3, -0.25) is 14.9 Å². The number of halogens is 1. The third kappa shape index (κ3) is 2.70. The summed E-state index contributed by atoms with van der Waals surface area (Å²) in [4.78, 5) is 23.5. The number of nitro benzene ring substituents is 1. The number of nitro groups is 1. The van der Waals surface area contributed by atoms with Crippen molar-refractivity contribution in [2.45, 2.75) is 6.92 Å². The van der Waals surface area contributed by atoms with Crippen LogP contribution in [0.2, 0.25) is 0 Å². The van der Waals surface area contributed by atoms with Crippen LogP contribution >= 0.6 is 15.9 Å². The molecule has 1 fully saturated rings. The molecular weight excluding hydrogens is 316 g/mol. The largest absolute Gasteiger partial charge is 0.481 e. The van der Waals surface area contributed by atoms with E-state index in [1.165, 1.54) is 6.07 Å². The van der Waals surface area contributed by atoms with Crippen molar-refractivity contribution >= 4 is 33.3 Å². The lowest BCUT2D eigenvalue weighted by Gasteiger charge is -2.18. The zero-order valence-corrected chi connectivity index (χ0v) is 11.8. The Bertz CT molecular complexity index is 534. The molecule has 102 valence electrons. The molecule has 0 aliphatic carbocycles. The molecule has 0 unspecified atom stereocenters. The van der Waals surface area contributed by atoms with Crippen LogP contribution in [0.15, 0.2) is 22.7 Å². The molecule has 0 bridgehead atoms. The molecule has 0 amide bonds. The Kier molecular flexibility index (Phi) is 3.75. The lowest BCUT2D eigenvalue weighted by molar-refractivity contribution is -0.384. The first-order chi connectivity index (χ1) is 8.90. The Morgan fingerprint density at radius 1 is 1.53 bits per heavy atom. The van der Waals surface area contributed by atoms with Crippen LogP contribution in [0.1, 0.15) is 6.92 Å². The molecular formula is C12H13BrN2O4. The summed E-state index contributed by atoms with van der Waals surface area (Å²) in [6.07, 6.45) is 0. The second kappa shape index (κ2) is 5.16. The van der Waals surface area contributed by atoms with Crippen molar-refractivity contribution in [3.63, 3.8) is 0 Å². The van der Waals surface area contributed by atoms with Crippen molar-refractivity contribution in [1.29, 1.82) is 0 Å². The third-order valence-electron chi connectivity index (χ3n) is 3.40. The second-order valence-corrected chi connectivity index (χ2v) is 5.63. The van der Waals surface area contributed by atoms with E-state index in [4.69, 9.17) is 5.11 Å². The first-order valence-corrected chi connectivity index (χ1v) is 6.61. The molecule has 1 aliphatic rings. The maximum atomic E-state index is 11.1. The van der Waals surface area contributed by atoms with Crippen LogP contribution < -0.4 is 4.90 Å². The minimum atomic E-state index is -0.854. The minimum absolute atomic E-state index is 0.00133. The molecule has 2 atom stereocenters. The van der Waals surface area contributed by atoms with Gasteiger partial charge < -0.3 is 10.0 Å². The van der Waals surface area contributed by atoms with Gasteiger partial charge >= 0.3 is 5.97 Å². The Morgan fingerprint density at radius 3 is 2.74 bits per heavy atom. The van der Waals surface area contributed by atoms with Crippen molar-refractivity contribution in [2.24, 2.45) is 11.8 Å². The number of hydrogen-bond acceptors (Lipinski definition) is 4. The Labute approximate surface area is 118 Å². The first-order valence-electron chi connectivity index (χ1n) is 5.82. The number of anilines is 1. The highest BCUT2D eigenvalue weighted by molar-refractivity contribution is 9.10. The highest BCUT2D eigenvalue weighted by atomic mass is 79.9. The van der Waals surface area contributed by atoms with E-state index in [0.29, 0.717) is 18.8 Å². The first kappa shape index (κ1) is 13.8. The smallest absolute Gasteiger partial charge is 0.308 e. The van der Waals surface area contributed by atoms with E-state index in [1.807, 2.05) is 6.92 Å². The van der Waals surface area contributed by atoms with E-state index in [-0.39, 0.29) is 11.6 Å². The van der Waals surface area contributed by atoms with Crippen LogP contribution in [0.5, 0.6) is 0 Å². The number of aliphatic carboxylic acids is 1. The second-order valence-electron chi connectivity index (χ2n) is 4.72. The van der Waals surface area contributed by atoms with Gasteiger partial charge in [0.25, 0.3) is 5.69 Å². The van der Waals surface area contributed by atoms with Crippen LogP contribution in [-0.4, -0.2) is 29.1 Å². The molecule has 0 spiro atoms. The van der Waals surface area contributed by atoms with Gasteiger partial charge in [-0.15, -0.1) is 0 Å². The Morgan fingerprint density at radius 2 is 2.21 bits per heavy atom. The molecule has 0 saturated carbocycles. The average Bonchev–Trinajstić information content (AvgIpc) is 2.70. The van der Waals surface area contributed by atoms with Crippen molar-refractivity contribution in [1.82, 2.24) is 0 Å². The van der Waals surface area contributed by atoms with E-state index >= 15 is 0 Å². The summed E-state index contributed by atoms with van der Waals surface area (Å²) in [5, 5.41) is 20.1. The molecule has 19 heavy (non-hydrogen) atoms. The van der Waals surface area contributed by atoms with Crippen LogP contribution in [0.25, 0.3) is 0 Å². The Balaban J connectivity index is 2.35. The van der Waals surface area contributed by atoms with E-state index in [0.717, 1.165) is 4.47 Å². The van der Waals surface area contributed by atoms with Crippen LogP contribution in [0, 0.1) is 22.0 Å². The predicted molar refractivity (Wildman–Crippen MR) is 73.3 cm³/mol. The number of hydrogen-bond donors (Lipinski definition) is 1. The van der Waals surface area contributed by atoms with Crippen molar-refractivity contribution in [2.75, 3.05) is 18.0 Å². The quantitative estimate of drug-likeness (QED) is 0.680. The van der Waals surface area contributed by atoms with Crippen LogP contribution in [0.3, 0.4) is 0 Å². The fourth-order valence-corrected chi connectivity index (χ4v) is 2.74. The van der Waals surface area contributed by atoms with Crippen molar-refractivity contribution in [3.05, 3.63) is 32.8 Å². The summed E-state index contributed by atoms with van der Waals surface area (Å²) >= 11 is 3.29. The summed E-state index contributed by atoms with van der Waals surface area (Å²) in [6, 6.07) is 4.70. The fourth-order valence-electron chi connectivity index (χ4n) is 2.39. The number of carbonyl (C=O) groups is 1. The molecule has 1 heterocycles. The normalized spacial score (nSPS) is 22.5. The van der Waals surface area contributed by atoms with E-state index in [9.17, 15) is 14.9 Å². The molecule has 0 radical (unpaired) electrons. The third-order valence-corrected chi connectivity index (χ3v) is 3.90. The SMILES string of the molecule is C[C@@H]1CN(c2cc(Br)ccc2[N+](=O)[O-])C[C@H]1C(=O)O. The van der Waals surface area contributed by atoms with Gasteiger partial charge in [0.05, 0.1) is 10.8 Å². The van der Waals surface area contributed by atoms with Gasteiger partial charge in [-0.2, -0.15) is 0 Å². The van der Waals surface area contributed by atoms with Crippen LogP contribution in [-0.2, 0) is 4.79 Å². The molecule has 0 aromatic heterocycles. The average molecular weight is 329 g/mol. The molecule has 1 aliphatic heterocycles. The molecule has 1 aromatic carbocycles. The minimum Gasteiger partial charge on any atom is -0.481 e. The maximum Gasteiger partial charge on any atom is 0.308 e. The highest BCUT2D eigenvalue weighted by Gasteiger charge is 2.36. The molecule has 1 saturated heterocycles. The Hall–Kier alpha value is -1.63. The number of rotatable bonds is 3. The molecule has 1 aromatic rings.